The van der Waals surface area contributed by atoms with E-state index in [0.29, 0.717) is 15.8 Å². The average Bonchev–Trinajstić information content (AvgIpc) is 3.19. The van der Waals surface area contributed by atoms with Gasteiger partial charge in [0.15, 0.2) is 4.77 Å². The van der Waals surface area contributed by atoms with Gasteiger partial charge < -0.3 is 20.0 Å². The minimum Gasteiger partial charge on any atom is -0.391 e. The molecular weight excluding hydrogens is 293 g/mol. The SMILES string of the molecule is CN(CC(O)C1CC1)C(=O)c1cc(F)cc2[nH]c(=S)[nH]c12. The maximum absolute atomic E-state index is 13.6. The number of nitrogens with zero attached hydrogens (tertiary/aromatic N) is 1. The second-order valence-corrected chi connectivity index (χ2v) is 5.95. The van der Waals surface area contributed by atoms with Crippen LogP contribution in [0.25, 0.3) is 11.0 Å². The zero-order valence-corrected chi connectivity index (χ0v) is 12.3. The molecule has 1 fully saturated rings. The summed E-state index contributed by atoms with van der Waals surface area (Å²) in [5.41, 5.74) is 1.15. The summed E-state index contributed by atoms with van der Waals surface area (Å²) in [5, 5.41) is 9.93. The van der Waals surface area contributed by atoms with Gasteiger partial charge in [-0.05, 0) is 43.1 Å². The molecule has 1 saturated carbocycles. The zero-order valence-electron chi connectivity index (χ0n) is 11.5. The van der Waals surface area contributed by atoms with E-state index in [-0.39, 0.29) is 23.9 Å². The first-order valence-electron chi connectivity index (χ1n) is 6.81. The van der Waals surface area contributed by atoms with Crippen molar-refractivity contribution in [3.63, 3.8) is 0 Å². The van der Waals surface area contributed by atoms with Gasteiger partial charge in [0.1, 0.15) is 5.82 Å². The Morgan fingerprint density at radius 3 is 2.90 bits per heavy atom. The number of carbonyl (C=O) groups is 1. The summed E-state index contributed by atoms with van der Waals surface area (Å²) < 4.78 is 14.0. The summed E-state index contributed by atoms with van der Waals surface area (Å²) >= 11 is 4.98. The van der Waals surface area contributed by atoms with Crippen molar-refractivity contribution in [2.24, 2.45) is 5.92 Å². The molecule has 0 spiro atoms. The quantitative estimate of drug-likeness (QED) is 0.758. The van der Waals surface area contributed by atoms with E-state index in [2.05, 4.69) is 9.97 Å². The smallest absolute Gasteiger partial charge is 0.255 e. The number of aliphatic hydroxyl groups excluding tert-OH is 1. The molecule has 0 aliphatic heterocycles. The van der Waals surface area contributed by atoms with Crippen LogP contribution in [0.3, 0.4) is 0 Å². The number of hydrogen-bond acceptors (Lipinski definition) is 3. The molecule has 5 nitrogen and oxygen atoms in total. The third kappa shape index (κ3) is 2.84. The van der Waals surface area contributed by atoms with Gasteiger partial charge in [0.05, 0.1) is 22.7 Å². The number of likely N-dealkylation sites (N-methyl/N-ethyl adjacent to an activating group) is 1. The Hall–Kier alpha value is -1.73. The highest BCUT2D eigenvalue weighted by Gasteiger charge is 2.31. The predicted octanol–water partition coefficient (Wildman–Crippen LogP) is 2.21. The molecule has 1 aliphatic carbocycles. The first-order chi connectivity index (χ1) is 9.95. The van der Waals surface area contributed by atoms with E-state index >= 15 is 0 Å². The highest BCUT2D eigenvalue weighted by Crippen LogP contribution is 2.33. The third-order valence-electron chi connectivity index (χ3n) is 3.79. The van der Waals surface area contributed by atoms with Crippen LogP contribution in [0, 0.1) is 16.5 Å². The lowest BCUT2D eigenvalue weighted by atomic mass is 10.1. The molecule has 1 unspecified atom stereocenters. The molecule has 1 atom stereocenters. The topological polar surface area (TPSA) is 72.1 Å². The molecule has 3 N–H and O–H groups in total. The largest absolute Gasteiger partial charge is 0.391 e. The number of carbonyl (C=O) groups excluding carboxylic acids is 1. The molecule has 1 heterocycles. The second-order valence-electron chi connectivity index (χ2n) is 5.55. The number of H-pyrrole nitrogens is 2. The standard InChI is InChI=1S/C14H16FN3O2S/c1-18(6-11(19)7-2-3-7)13(20)9-4-8(15)5-10-12(9)17-14(21)16-10/h4-5,7,11,19H,2-3,6H2,1H3,(H2,16,17,21). The molecule has 2 aromatic rings. The summed E-state index contributed by atoms with van der Waals surface area (Å²) in [6, 6.07) is 2.47. The highest BCUT2D eigenvalue weighted by molar-refractivity contribution is 7.71. The fourth-order valence-electron chi connectivity index (χ4n) is 2.48. The summed E-state index contributed by atoms with van der Waals surface area (Å²) in [6.45, 7) is 0.243. The molecule has 1 aliphatic rings. The zero-order chi connectivity index (χ0) is 15.1. The molecule has 0 radical (unpaired) electrons. The summed E-state index contributed by atoms with van der Waals surface area (Å²) in [6.07, 6.45) is 1.48. The first-order valence-corrected chi connectivity index (χ1v) is 7.21. The van der Waals surface area contributed by atoms with Crippen molar-refractivity contribution in [3.8, 4) is 0 Å². The Kier molecular flexibility index (Phi) is 3.54. The maximum Gasteiger partial charge on any atom is 0.255 e. The second kappa shape index (κ2) is 5.23. The van der Waals surface area contributed by atoms with Crippen LogP contribution >= 0.6 is 12.2 Å². The molecule has 1 aromatic carbocycles. The molecule has 0 saturated heterocycles. The monoisotopic (exact) mass is 309 g/mol. The van der Waals surface area contributed by atoms with Gasteiger partial charge in [-0.2, -0.15) is 0 Å². The number of hydrogen-bond donors (Lipinski definition) is 3. The van der Waals surface area contributed by atoms with E-state index in [1.54, 1.807) is 7.05 Å². The Labute approximate surface area is 125 Å². The van der Waals surface area contributed by atoms with Gasteiger partial charge in [-0.15, -0.1) is 0 Å². The predicted molar refractivity (Wildman–Crippen MR) is 79.1 cm³/mol. The summed E-state index contributed by atoms with van der Waals surface area (Å²) in [7, 11) is 1.60. The van der Waals surface area contributed by atoms with Gasteiger partial charge in [0, 0.05) is 13.6 Å². The van der Waals surface area contributed by atoms with Gasteiger partial charge in [-0.25, -0.2) is 4.39 Å². The van der Waals surface area contributed by atoms with Crippen molar-refractivity contribution in [2.75, 3.05) is 13.6 Å². The van der Waals surface area contributed by atoms with Gasteiger partial charge in [-0.3, -0.25) is 4.79 Å². The van der Waals surface area contributed by atoms with Gasteiger partial charge in [-0.1, -0.05) is 0 Å². The van der Waals surface area contributed by atoms with Crippen LogP contribution in [0.4, 0.5) is 4.39 Å². The lowest BCUT2D eigenvalue weighted by Gasteiger charge is -2.21. The van der Waals surface area contributed by atoms with Gasteiger partial charge >= 0.3 is 0 Å². The summed E-state index contributed by atoms with van der Waals surface area (Å²) in [5.74, 6) is -0.567. The lowest BCUT2D eigenvalue weighted by molar-refractivity contribution is 0.0646. The first kappa shape index (κ1) is 14.2. The Morgan fingerprint density at radius 2 is 2.24 bits per heavy atom. The highest BCUT2D eigenvalue weighted by atomic mass is 32.1. The average molecular weight is 309 g/mol. The van der Waals surface area contributed by atoms with Crippen molar-refractivity contribution in [2.45, 2.75) is 18.9 Å². The maximum atomic E-state index is 13.6. The van der Waals surface area contributed by atoms with Crippen LogP contribution in [0.2, 0.25) is 0 Å². The molecule has 1 aromatic heterocycles. The van der Waals surface area contributed by atoms with E-state index in [0.717, 1.165) is 12.8 Å². The number of aromatic amines is 2. The van der Waals surface area contributed by atoms with Crippen LogP contribution < -0.4 is 0 Å². The lowest BCUT2D eigenvalue weighted by Crippen LogP contribution is -2.35. The summed E-state index contributed by atoms with van der Waals surface area (Å²) in [4.78, 5) is 19.6. The van der Waals surface area contributed by atoms with Gasteiger partial charge in [0.2, 0.25) is 0 Å². The minimum absolute atomic E-state index is 0.211. The molecule has 0 bridgehead atoms. The number of halogens is 1. The van der Waals surface area contributed by atoms with Crippen LogP contribution in [0.15, 0.2) is 12.1 Å². The number of imidazole rings is 1. The van der Waals surface area contributed by atoms with E-state index in [9.17, 15) is 14.3 Å². The normalized spacial score (nSPS) is 16.1. The third-order valence-corrected chi connectivity index (χ3v) is 4.00. The Morgan fingerprint density at radius 1 is 1.52 bits per heavy atom. The molecule has 112 valence electrons. The fourth-order valence-corrected chi connectivity index (χ4v) is 2.69. The van der Waals surface area contributed by atoms with E-state index in [1.807, 2.05) is 0 Å². The molecule has 1 amide bonds. The van der Waals surface area contributed by atoms with E-state index in [1.165, 1.54) is 17.0 Å². The number of nitrogens with one attached hydrogen (secondary N) is 2. The Bertz CT molecular complexity index is 750. The van der Waals surface area contributed by atoms with Crippen LogP contribution in [-0.4, -0.2) is 45.6 Å². The Balaban J connectivity index is 1.91. The number of rotatable bonds is 4. The van der Waals surface area contributed by atoms with Crippen molar-refractivity contribution < 1.29 is 14.3 Å². The molecule has 7 heteroatoms. The number of aromatic nitrogens is 2. The van der Waals surface area contributed by atoms with Crippen molar-refractivity contribution in [1.29, 1.82) is 0 Å². The number of amides is 1. The van der Waals surface area contributed by atoms with Crippen molar-refractivity contribution in [1.82, 2.24) is 14.9 Å². The van der Waals surface area contributed by atoms with Crippen LogP contribution in [0.1, 0.15) is 23.2 Å². The van der Waals surface area contributed by atoms with Crippen molar-refractivity contribution >= 4 is 29.2 Å². The van der Waals surface area contributed by atoms with Crippen LogP contribution in [0.5, 0.6) is 0 Å². The van der Waals surface area contributed by atoms with Gasteiger partial charge in [0.25, 0.3) is 5.91 Å². The molecule has 3 rings (SSSR count). The molecule has 21 heavy (non-hydrogen) atoms. The van der Waals surface area contributed by atoms with E-state index in [4.69, 9.17) is 12.2 Å². The van der Waals surface area contributed by atoms with Crippen molar-refractivity contribution in [3.05, 3.63) is 28.3 Å². The number of aliphatic hydroxyl groups is 1. The number of fused-ring (bicyclic) bond motifs is 1. The fraction of sp³-hybridized carbons (Fsp3) is 0.429. The van der Waals surface area contributed by atoms with Crippen LogP contribution in [-0.2, 0) is 0 Å². The minimum atomic E-state index is -0.521. The number of benzene rings is 1. The molecular formula is C14H16FN3O2S. The van der Waals surface area contributed by atoms with E-state index < -0.39 is 11.9 Å².